The number of hydrogen-bond acceptors (Lipinski definition) is 3. The molecule has 106 valence electrons. The molecular formula is C14H28N2O2. The van der Waals surface area contributed by atoms with Gasteiger partial charge in [-0.05, 0) is 33.1 Å². The average molecular weight is 256 g/mol. The third kappa shape index (κ3) is 6.97. The van der Waals surface area contributed by atoms with Crippen molar-refractivity contribution < 1.29 is 9.90 Å². The largest absolute Gasteiger partial charge is 0.392 e. The van der Waals surface area contributed by atoms with Gasteiger partial charge in [0.25, 0.3) is 0 Å². The monoisotopic (exact) mass is 256 g/mol. The van der Waals surface area contributed by atoms with Crippen molar-refractivity contribution in [3.63, 3.8) is 0 Å². The number of carbonyl (C=O) groups is 1. The molecule has 4 nitrogen and oxygen atoms in total. The smallest absolute Gasteiger partial charge is 0.234 e. The molecule has 0 saturated heterocycles. The van der Waals surface area contributed by atoms with Gasteiger partial charge in [-0.1, -0.05) is 25.7 Å². The van der Waals surface area contributed by atoms with Crippen LogP contribution in [0.25, 0.3) is 0 Å². The Hall–Kier alpha value is -0.610. The van der Waals surface area contributed by atoms with E-state index in [2.05, 4.69) is 10.6 Å². The first kappa shape index (κ1) is 15.4. The van der Waals surface area contributed by atoms with Crippen LogP contribution in [0.15, 0.2) is 0 Å². The molecule has 3 N–H and O–H groups in total. The van der Waals surface area contributed by atoms with Gasteiger partial charge in [-0.25, -0.2) is 0 Å². The van der Waals surface area contributed by atoms with E-state index in [0.29, 0.717) is 12.5 Å². The van der Waals surface area contributed by atoms with Crippen molar-refractivity contribution >= 4 is 5.91 Å². The van der Waals surface area contributed by atoms with Crippen molar-refractivity contribution in [1.29, 1.82) is 0 Å². The minimum Gasteiger partial charge on any atom is -0.392 e. The predicted octanol–water partition coefficient (Wildman–Crippen LogP) is 1.43. The maximum Gasteiger partial charge on any atom is 0.234 e. The molecule has 4 heteroatoms. The van der Waals surface area contributed by atoms with Gasteiger partial charge in [0.05, 0.1) is 12.6 Å². The Kier molecular flexibility index (Phi) is 6.09. The number of hydrogen-bond donors (Lipinski definition) is 3. The summed E-state index contributed by atoms with van der Waals surface area (Å²) in [6, 6.07) is 0. The zero-order chi connectivity index (χ0) is 13.6. The third-order valence-corrected chi connectivity index (χ3v) is 3.26. The maximum absolute atomic E-state index is 11.5. The van der Waals surface area contributed by atoms with E-state index in [1.165, 1.54) is 25.7 Å². The minimum atomic E-state index is -0.324. The predicted molar refractivity (Wildman–Crippen MR) is 73.3 cm³/mol. The second-order valence-corrected chi connectivity index (χ2v) is 6.47. The lowest BCUT2D eigenvalue weighted by molar-refractivity contribution is -0.121. The van der Waals surface area contributed by atoms with Crippen LogP contribution >= 0.6 is 0 Å². The molecule has 0 aromatic carbocycles. The highest BCUT2D eigenvalue weighted by Crippen LogP contribution is 2.28. The summed E-state index contributed by atoms with van der Waals surface area (Å²) in [5, 5.41) is 15.8. The molecule has 1 aliphatic rings. The summed E-state index contributed by atoms with van der Waals surface area (Å²) in [4.78, 5) is 11.5. The van der Waals surface area contributed by atoms with E-state index >= 15 is 0 Å². The first-order valence-corrected chi connectivity index (χ1v) is 7.06. The van der Waals surface area contributed by atoms with Crippen molar-refractivity contribution in [2.45, 2.75) is 64.5 Å². The molecule has 0 bridgehead atoms. The third-order valence-electron chi connectivity index (χ3n) is 3.26. The summed E-state index contributed by atoms with van der Waals surface area (Å²) in [5.41, 5.74) is -0.193. The molecule has 0 aromatic heterocycles. The summed E-state index contributed by atoms with van der Waals surface area (Å²) in [7, 11) is 0. The molecule has 0 spiro atoms. The molecule has 1 aliphatic carbocycles. The number of carbonyl (C=O) groups excluding carboxylic acids is 1. The summed E-state index contributed by atoms with van der Waals surface area (Å²) in [5.74, 6) is 0.667. The fourth-order valence-electron chi connectivity index (χ4n) is 2.53. The Morgan fingerprint density at radius 2 is 1.94 bits per heavy atom. The van der Waals surface area contributed by atoms with Gasteiger partial charge in [0.1, 0.15) is 0 Å². The van der Waals surface area contributed by atoms with Crippen LogP contribution < -0.4 is 10.6 Å². The molecular weight excluding hydrogens is 228 g/mol. The van der Waals surface area contributed by atoms with E-state index in [-0.39, 0.29) is 24.1 Å². The number of amides is 1. The molecule has 1 amide bonds. The van der Waals surface area contributed by atoms with Gasteiger partial charge in [-0.15, -0.1) is 0 Å². The standard InChI is InChI=1S/C14H28N2O2/c1-14(2,3)16-13(18)10-15-9-12(17)8-11-6-4-5-7-11/h11-12,15,17H,4-10H2,1-3H3,(H,16,18). The number of rotatable bonds is 6. The van der Waals surface area contributed by atoms with E-state index in [0.717, 1.165) is 6.42 Å². The SMILES string of the molecule is CC(C)(C)NC(=O)CNCC(O)CC1CCCC1. The summed E-state index contributed by atoms with van der Waals surface area (Å²) < 4.78 is 0. The topological polar surface area (TPSA) is 61.4 Å². The van der Waals surface area contributed by atoms with Crippen LogP contribution in [0.2, 0.25) is 0 Å². The van der Waals surface area contributed by atoms with Gasteiger partial charge in [-0.3, -0.25) is 4.79 Å². The Morgan fingerprint density at radius 3 is 2.50 bits per heavy atom. The molecule has 1 fully saturated rings. The van der Waals surface area contributed by atoms with Gasteiger partial charge in [0, 0.05) is 12.1 Å². The fourth-order valence-corrected chi connectivity index (χ4v) is 2.53. The number of aliphatic hydroxyl groups is 1. The van der Waals surface area contributed by atoms with Crippen LogP contribution in [0.1, 0.15) is 52.9 Å². The normalized spacial score (nSPS) is 18.9. The molecule has 0 aromatic rings. The van der Waals surface area contributed by atoms with Gasteiger partial charge in [0.15, 0.2) is 0 Å². The lowest BCUT2D eigenvalue weighted by Gasteiger charge is -2.21. The zero-order valence-electron chi connectivity index (χ0n) is 12.0. The number of nitrogens with one attached hydrogen (secondary N) is 2. The van der Waals surface area contributed by atoms with Crippen LogP contribution in [0.5, 0.6) is 0 Å². The molecule has 1 unspecified atom stereocenters. The summed E-state index contributed by atoms with van der Waals surface area (Å²) in [6.07, 6.45) is 5.66. The molecule has 18 heavy (non-hydrogen) atoms. The Balaban J connectivity index is 2.07. The van der Waals surface area contributed by atoms with Crippen LogP contribution in [0.3, 0.4) is 0 Å². The van der Waals surface area contributed by atoms with Gasteiger partial charge < -0.3 is 15.7 Å². The van der Waals surface area contributed by atoms with Crippen LogP contribution in [-0.4, -0.2) is 35.7 Å². The van der Waals surface area contributed by atoms with Crippen LogP contribution in [-0.2, 0) is 4.79 Å². The molecule has 1 atom stereocenters. The highest BCUT2D eigenvalue weighted by molar-refractivity contribution is 5.78. The summed E-state index contributed by atoms with van der Waals surface area (Å²) >= 11 is 0. The first-order chi connectivity index (χ1) is 8.37. The van der Waals surface area contributed by atoms with E-state index in [4.69, 9.17) is 0 Å². The van der Waals surface area contributed by atoms with E-state index in [9.17, 15) is 9.90 Å². The van der Waals surface area contributed by atoms with Gasteiger partial charge >= 0.3 is 0 Å². The van der Waals surface area contributed by atoms with Crippen molar-refractivity contribution in [3.05, 3.63) is 0 Å². The highest BCUT2D eigenvalue weighted by atomic mass is 16.3. The minimum absolute atomic E-state index is 0.0180. The van der Waals surface area contributed by atoms with Gasteiger partial charge in [0.2, 0.25) is 5.91 Å². The molecule has 1 rings (SSSR count). The van der Waals surface area contributed by atoms with Crippen LogP contribution in [0.4, 0.5) is 0 Å². The van der Waals surface area contributed by atoms with Crippen molar-refractivity contribution in [2.24, 2.45) is 5.92 Å². The molecule has 0 aliphatic heterocycles. The molecule has 0 heterocycles. The lowest BCUT2D eigenvalue weighted by atomic mass is 10.0. The molecule has 0 radical (unpaired) electrons. The second kappa shape index (κ2) is 7.10. The maximum atomic E-state index is 11.5. The Morgan fingerprint density at radius 1 is 1.33 bits per heavy atom. The van der Waals surface area contributed by atoms with E-state index < -0.39 is 0 Å². The average Bonchev–Trinajstić information content (AvgIpc) is 2.67. The van der Waals surface area contributed by atoms with Crippen molar-refractivity contribution in [3.8, 4) is 0 Å². The molecule has 1 saturated carbocycles. The lowest BCUT2D eigenvalue weighted by Crippen LogP contribution is -2.45. The van der Waals surface area contributed by atoms with Crippen molar-refractivity contribution in [2.75, 3.05) is 13.1 Å². The van der Waals surface area contributed by atoms with Crippen molar-refractivity contribution in [1.82, 2.24) is 10.6 Å². The fraction of sp³-hybridized carbons (Fsp3) is 0.929. The summed E-state index contributed by atoms with van der Waals surface area (Å²) in [6.45, 7) is 6.66. The first-order valence-electron chi connectivity index (χ1n) is 7.06. The Labute approximate surface area is 111 Å². The number of aliphatic hydroxyl groups excluding tert-OH is 1. The quantitative estimate of drug-likeness (QED) is 0.674. The second-order valence-electron chi connectivity index (χ2n) is 6.47. The van der Waals surface area contributed by atoms with Crippen LogP contribution in [0, 0.1) is 5.92 Å². The van der Waals surface area contributed by atoms with E-state index in [1.54, 1.807) is 0 Å². The Bertz CT molecular complexity index is 255. The van der Waals surface area contributed by atoms with E-state index in [1.807, 2.05) is 20.8 Å². The van der Waals surface area contributed by atoms with Gasteiger partial charge in [-0.2, -0.15) is 0 Å². The highest BCUT2D eigenvalue weighted by Gasteiger charge is 2.19. The zero-order valence-corrected chi connectivity index (χ0v) is 12.0.